The highest BCUT2D eigenvalue weighted by molar-refractivity contribution is 5.87. The van der Waals surface area contributed by atoms with Crippen molar-refractivity contribution >= 4 is 11.8 Å². The minimum atomic E-state index is -3.31. The molecule has 0 atom stereocenters. The van der Waals surface area contributed by atoms with E-state index in [2.05, 4.69) is 9.72 Å². The molecule has 0 bridgehead atoms. The van der Waals surface area contributed by atoms with Crippen LogP contribution in [0.3, 0.4) is 0 Å². The Morgan fingerprint density at radius 2 is 2.18 bits per heavy atom. The quantitative estimate of drug-likeness (QED) is 0.464. The van der Waals surface area contributed by atoms with Crippen molar-refractivity contribution in [1.82, 2.24) is 4.98 Å². The van der Waals surface area contributed by atoms with Crippen molar-refractivity contribution in [1.29, 1.82) is 0 Å². The van der Waals surface area contributed by atoms with Gasteiger partial charge in [0.25, 0.3) is 12.1 Å². The average Bonchev–Trinajstić information content (AvgIpc) is 2.27. The molecular weight excluding hydrogens is 245 g/mol. The molecule has 1 aromatic heterocycles. The molecule has 0 fully saturated rings. The standard InChI is InChI=1S/C8H5F3N2O4/c1-17-8(14)4-2-3(6(10)11)5(9)7(12-4)13(15)16/h2,6H,1H3. The minimum Gasteiger partial charge on any atom is -0.463 e. The number of hydrogen-bond donors (Lipinski definition) is 0. The zero-order valence-electron chi connectivity index (χ0n) is 8.32. The number of nitrogens with zero attached hydrogens (tertiary/aromatic N) is 2. The molecule has 0 unspecified atom stereocenters. The third-order valence-electron chi connectivity index (χ3n) is 1.77. The Kier molecular flexibility index (Phi) is 3.61. The van der Waals surface area contributed by atoms with Gasteiger partial charge in [-0.25, -0.2) is 13.6 Å². The van der Waals surface area contributed by atoms with Crippen LogP contribution in [0, 0.1) is 15.9 Å². The molecule has 0 aromatic carbocycles. The Bertz CT molecular complexity index is 478. The number of methoxy groups -OCH3 is 1. The Hall–Kier alpha value is -2.19. The number of aromatic nitrogens is 1. The first-order valence-corrected chi connectivity index (χ1v) is 4.09. The lowest BCUT2D eigenvalue weighted by Gasteiger charge is -2.03. The highest BCUT2D eigenvalue weighted by Gasteiger charge is 2.30. The summed E-state index contributed by atoms with van der Waals surface area (Å²) in [5.41, 5.74) is -2.03. The fraction of sp³-hybridized carbons (Fsp3) is 0.250. The molecule has 17 heavy (non-hydrogen) atoms. The first-order valence-electron chi connectivity index (χ1n) is 4.09. The molecular formula is C8H5F3N2O4. The summed E-state index contributed by atoms with van der Waals surface area (Å²) >= 11 is 0. The largest absolute Gasteiger partial charge is 0.463 e. The second-order valence-electron chi connectivity index (χ2n) is 2.78. The molecule has 0 spiro atoms. The van der Waals surface area contributed by atoms with Crippen LogP contribution in [0.15, 0.2) is 6.07 Å². The molecule has 1 aromatic rings. The van der Waals surface area contributed by atoms with Crippen LogP contribution in [0.1, 0.15) is 22.5 Å². The van der Waals surface area contributed by atoms with E-state index in [-0.39, 0.29) is 0 Å². The van der Waals surface area contributed by atoms with Crippen LogP contribution >= 0.6 is 0 Å². The molecule has 0 radical (unpaired) electrons. The fourth-order valence-electron chi connectivity index (χ4n) is 1.02. The van der Waals surface area contributed by atoms with E-state index in [0.29, 0.717) is 6.07 Å². The number of alkyl halides is 2. The summed E-state index contributed by atoms with van der Waals surface area (Å²) in [6.45, 7) is 0. The molecule has 1 rings (SSSR count). The van der Waals surface area contributed by atoms with Gasteiger partial charge in [0.1, 0.15) is 0 Å². The Balaban J connectivity index is 3.47. The van der Waals surface area contributed by atoms with E-state index in [1.807, 2.05) is 0 Å². The molecule has 0 aliphatic heterocycles. The Morgan fingerprint density at radius 1 is 1.59 bits per heavy atom. The summed E-state index contributed by atoms with van der Waals surface area (Å²) in [5.74, 6) is -4.38. The van der Waals surface area contributed by atoms with Crippen molar-refractivity contribution in [3.8, 4) is 0 Å². The monoisotopic (exact) mass is 250 g/mol. The number of carbonyl (C=O) groups is 1. The number of pyridine rings is 1. The highest BCUT2D eigenvalue weighted by Crippen LogP contribution is 2.27. The Morgan fingerprint density at radius 3 is 2.59 bits per heavy atom. The molecule has 0 N–H and O–H groups in total. The number of esters is 1. The molecule has 0 amide bonds. The van der Waals surface area contributed by atoms with Crippen molar-refractivity contribution < 1.29 is 27.6 Å². The lowest BCUT2D eigenvalue weighted by molar-refractivity contribution is -0.392. The van der Waals surface area contributed by atoms with Gasteiger partial charge in [0.05, 0.1) is 12.7 Å². The molecule has 6 nitrogen and oxygen atoms in total. The van der Waals surface area contributed by atoms with Gasteiger partial charge in [-0.1, -0.05) is 0 Å². The smallest absolute Gasteiger partial charge is 0.401 e. The first kappa shape index (κ1) is 12.9. The minimum absolute atomic E-state index is 0.416. The Labute approximate surface area is 92.2 Å². The summed E-state index contributed by atoms with van der Waals surface area (Å²) in [7, 11) is 0.932. The predicted octanol–water partition coefficient (Wildman–Crippen LogP) is 1.85. The van der Waals surface area contributed by atoms with Gasteiger partial charge in [0, 0.05) is 6.07 Å². The number of hydrogen-bond acceptors (Lipinski definition) is 5. The third kappa shape index (κ3) is 2.49. The van der Waals surface area contributed by atoms with Gasteiger partial charge >= 0.3 is 11.8 Å². The van der Waals surface area contributed by atoms with Crippen molar-refractivity contribution in [2.75, 3.05) is 7.11 Å². The van der Waals surface area contributed by atoms with Crippen molar-refractivity contribution in [3.63, 3.8) is 0 Å². The summed E-state index contributed by atoms with van der Waals surface area (Å²) in [5, 5.41) is 10.4. The predicted molar refractivity (Wildman–Crippen MR) is 47.1 cm³/mol. The van der Waals surface area contributed by atoms with Crippen LogP contribution in [0.4, 0.5) is 19.0 Å². The van der Waals surface area contributed by atoms with E-state index in [1.54, 1.807) is 0 Å². The normalized spacial score (nSPS) is 10.4. The van der Waals surface area contributed by atoms with Gasteiger partial charge in [0.2, 0.25) is 5.82 Å². The maximum atomic E-state index is 13.2. The van der Waals surface area contributed by atoms with Crippen LogP contribution < -0.4 is 0 Å². The maximum absolute atomic E-state index is 13.2. The van der Waals surface area contributed by atoms with E-state index in [9.17, 15) is 28.1 Å². The summed E-state index contributed by atoms with van der Waals surface area (Å²) < 4.78 is 42.1. The van der Waals surface area contributed by atoms with Crippen LogP contribution in [0.2, 0.25) is 0 Å². The van der Waals surface area contributed by atoms with Gasteiger partial charge < -0.3 is 14.9 Å². The van der Waals surface area contributed by atoms with E-state index in [1.165, 1.54) is 0 Å². The van der Waals surface area contributed by atoms with Gasteiger partial charge in [-0.05, 0) is 9.91 Å². The molecule has 9 heteroatoms. The first-order chi connectivity index (χ1) is 7.88. The van der Waals surface area contributed by atoms with Gasteiger partial charge in [-0.3, -0.25) is 0 Å². The van der Waals surface area contributed by atoms with Crippen LogP contribution in [0.25, 0.3) is 0 Å². The number of halogens is 3. The number of carbonyl (C=O) groups excluding carboxylic acids is 1. The summed E-state index contributed by atoms with van der Waals surface area (Å²) in [6.07, 6.45) is -3.31. The van der Waals surface area contributed by atoms with Crippen molar-refractivity contribution in [2.24, 2.45) is 0 Å². The van der Waals surface area contributed by atoms with Crippen molar-refractivity contribution in [3.05, 3.63) is 33.3 Å². The maximum Gasteiger partial charge on any atom is 0.401 e. The molecule has 92 valence electrons. The van der Waals surface area contributed by atoms with E-state index < -0.39 is 40.2 Å². The molecule has 0 saturated carbocycles. The van der Waals surface area contributed by atoms with Gasteiger partial charge in [-0.2, -0.15) is 4.39 Å². The second-order valence-corrected chi connectivity index (χ2v) is 2.78. The molecule has 1 heterocycles. The zero-order valence-corrected chi connectivity index (χ0v) is 8.32. The lowest BCUT2D eigenvalue weighted by Crippen LogP contribution is -2.10. The second kappa shape index (κ2) is 4.76. The van der Waals surface area contributed by atoms with Crippen molar-refractivity contribution in [2.45, 2.75) is 6.43 Å². The summed E-state index contributed by atoms with van der Waals surface area (Å²) in [6, 6.07) is 0.416. The van der Waals surface area contributed by atoms with Crippen LogP contribution in [-0.4, -0.2) is 23.0 Å². The van der Waals surface area contributed by atoms with Crippen LogP contribution in [0.5, 0.6) is 0 Å². The third-order valence-corrected chi connectivity index (χ3v) is 1.77. The van der Waals surface area contributed by atoms with E-state index in [4.69, 9.17) is 0 Å². The van der Waals surface area contributed by atoms with Crippen LogP contribution in [-0.2, 0) is 4.74 Å². The van der Waals surface area contributed by atoms with Gasteiger partial charge in [0.15, 0.2) is 0 Å². The lowest BCUT2D eigenvalue weighted by atomic mass is 10.2. The highest BCUT2D eigenvalue weighted by atomic mass is 19.3. The molecule has 0 aliphatic carbocycles. The fourth-order valence-corrected chi connectivity index (χ4v) is 1.02. The zero-order chi connectivity index (χ0) is 13.2. The summed E-state index contributed by atoms with van der Waals surface area (Å²) in [4.78, 5) is 23.1. The number of rotatable bonds is 3. The van der Waals surface area contributed by atoms with E-state index >= 15 is 0 Å². The topological polar surface area (TPSA) is 82.3 Å². The number of ether oxygens (including phenoxy) is 1. The molecule has 0 saturated heterocycles. The van der Waals surface area contributed by atoms with E-state index in [0.717, 1.165) is 7.11 Å². The van der Waals surface area contributed by atoms with Gasteiger partial charge in [-0.15, -0.1) is 0 Å². The average molecular weight is 250 g/mol. The number of nitro groups is 1. The molecule has 0 aliphatic rings. The SMILES string of the molecule is COC(=O)c1cc(C(F)F)c(F)c([N+](=O)[O-])n1.